The molecular formula is C10H12O3. The normalized spacial score (nSPS) is 28.5. The van der Waals surface area contributed by atoms with Crippen molar-refractivity contribution in [3.8, 4) is 0 Å². The summed E-state index contributed by atoms with van der Waals surface area (Å²) in [5.41, 5.74) is 1.06. The van der Waals surface area contributed by atoms with Crippen LogP contribution >= 0.6 is 0 Å². The zero-order chi connectivity index (χ0) is 9.26. The Morgan fingerprint density at radius 3 is 2.62 bits per heavy atom. The molecule has 3 nitrogen and oxygen atoms in total. The van der Waals surface area contributed by atoms with Crippen LogP contribution in [-0.4, -0.2) is 29.0 Å². The van der Waals surface area contributed by atoms with Gasteiger partial charge in [0.15, 0.2) is 0 Å². The van der Waals surface area contributed by atoms with Crippen LogP contribution < -0.4 is 0 Å². The Morgan fingerprint density at radius 1 is 1.31 bits per heavy atom. The number of aliphatic hydroxyl groups excluding tert-OH is 2. The molecule has 0 aromatic heterocycles. The highest BCUT2D eigenvalue weighted by Crippen LogP contribution is 2.40. The first-order valence-corrected chi connectivity index (χ1v) is 4.32. The Hall–Kier alpha value is -0.900. The number of epoxide rings is 1. The van der Waals surface area contributed by atoms with Crippen LogP contribution in [0.5, 0.6) is 0 Å². The Kier molecular flexibility index (Phi) is 2.31. The van der Waals surface area contributed by atoms with Crippen LogP contribution in [0.4, 0.5) is 0 Å². The maximum atomic E-state index is 9.25. The lowest BCUT2D eigenvalue weighted by Gasteiger charge is -2.00. The van der Waals surface area contributed by atoms with E-state index < -0.39 is 6.10 Å². The largest absolute Gasteiger partial charge is 0.394 e. The van der Waals surface area contributed by atoms with Gasteiger partial charge < -0.3 is 14.9 Å². The van der Waals surface area contributed by atoms with Gasteiger partial charge in [0.25, 0.3) is 0 Å². The zero-order valence-electron chi connectivity index (χ0n) is 7.13. The van der Waals surface area contributed by atoms with Gasteiger partial charge in [-0.2, -0.15) is 0 Å². The third kappa shape index (κ3) is 1.72. The molecule has 0 radical (unpaired) electrons. The number of hydrogen-bond acceptors (Lipinski definition) is 3. The van der Waals surface area contributed by atoms with Gasteiger partial charge in [0, 0.05) is 0 Å². The fourth-order valence-electron chi connectivity index (χ4n) is 1.43. The second-order valence-electron chi connectivity index (χ2n) is 3.18. The predicted octanol–water partition coefficient (Wildman–Crippen LogP) is 0.480. The Bertz CT molecular complexity index is 273. The minimum Gasteiger partial charge on any atom is -0.394 e. The third-order valence-electron chi connectivity index (χ3n) is 2.22. The van der Waals surface area contributed by atoms with E-state index in [4.69, 9.17) is 9.84 Å². The minimum atomic E-state index is -0.759. The van der Waals surface area contributed by atoms with Crippen LogP contribution in [0.3, 0.4) is 0 Å². The summed E-state index contributed by atoms with van der Waals surface area (Å²) in [7, 11) is 0. The molecule has 13 heavy (non-hydrogen) atoms. The standard InChI is InChI=1S/C10H12O3/c11-6-8(12)10-9(13-10)7-4-2-1-3-5-7/h1-5,8-12H,6H2. The average Bonchev–Trinajstić information content (AvgIpc) is 2.98. The topological polar surface area (TPSA) is 53.0 Å². The van der Waals surface area contributed by atoms with Crippen LogP contribution in [0.1, 0.15) is 11.7 Å². The summed E-state index contributed by atoms with van der Waals surface area (Å²) in [6.45, 7) is -0.242. The van der Waals surface area contributed by atoms with Crippen LogP contribution in [0.25, 0.3) is 0 Å². The molecule has 1 fully saturated rings. The monoisotopic (exact) mass is 180 g/mol. The lowest BCUT2D eigenvalue weighted by atomic mass is 10.1. The van der Waals surface area contributed by atoms with Crippen molar-refractivity contribution in [2.24, 2.45) is 0 Å². The van der Waals surface area contributed by atoms with Crippen LogP contribution in [0, 0.1) is 0 Å². The fourth-order valence-corrected chi connectivity index (χ4v) is 1.43. The van der Waals surface area contributed by atoms with Gasteiger partial charge in [-0.05, 0) is 5.56 Å². The molecule has 1 aromatic rings. The molecule has 1 heterocycles. The van der Waals surface area contributed by atoms with Crippen molar-refractivity contribution in [1.29, 1.82) is 0 Å². The average molecular weight is 180 g/mol. The summed E-state index contributed by atoms with van der Waals surface area (Å²) >= 11 is 0. The van der Waals surface area contributed by atoms with Gasteiger partial charge in [0.05, 0.1) is 6.61 Å². The molecule has 1 saturated heterocycles. The molecule has 2 rings (SSSR count). The van der Waals surface area contributed by atoms with Gasteiger partial charge in [-0.3, -0.25) is 0 Å². The molecule has 70 valence electrons. The molecule has 3 unspecified atom stereocenters. The molecule has 0 amide bonds. The Labute approximate surface area is 76.6 Å². The van der Waals surface area contributed by atoms with E-state index in [9.17, 15) is 5.11 Å². The van der Waals surface area contributed by atoms with Crippen molar-refractivity contribution in [1.82, 2.24) is 0 Å². The molecule has 0 bridgehead atoms. The van der Waals surface area contributed by atoms with Crippen molar-refractivity contribution >= 4 is 0 Å². The first kappa shape index (κ1) is 8.69. The predicted molar refractivity (Wildman–Crippen MR) is 47.1 cm³/mol. The molecule has 3 atom stereocenters. The highest BCUT2D eigenvalue weighted by atomic mass is 16.6. The second kappa shape index (κ2) is 3.46. The van der Waals surface area contributed by atoms with Gasteiger partial charge in [-0.15, -0.1) is 0 Å². The maximum Gasteiger partial charge on any atom is 0.117 e. The molecular weight excluding hydrogens is 168 g/mol. The molecule has 1 aliphatic rings. The fraction of sp³-hybridized carbons (Fsp3) is 0.400. The van der Waals surface area contributed by atoms with E-state index >= 15 is 0 Å². The van der Waals surface area contributed by atoms with E-state index in [1.807, 2.05) is 30.3 Å². The molecule has 0 aliphatic carbocycles. The van der Waals surface area contributed by atoms with E-state index in [-0.39, 0.29) is 18.8 Å². The Morgan fingerprint density at radius 2 is 2.00 bits per heavy atom. The molecule has 2 N–H and O–H groups in total. The summed E-state index contributed by atoms with van der Waals surface area (Å²) in [6.07, 6.45) is -1.03. The SMILES string of the molecule is OCC(O)C1OC1c1ccccc1. The van der Waals surface area contributed by atoms with Crippen LogP contribution in [-0.2, 0) is 4.74 Å². The van der Waals surface area contributed by atoms with Crippen molar-refractivity contribution in [2.45, 2.75) is 18.3 Å². The number of benzene rings is 1. The van der Waals surface area contributed by atoms with Gasteiger partial charge in [0.2, 0.25) is 0 Å². The summed E-state index contributed by atoms with van der Waals surface area (Å²) in [5, 5.41) is 17.9. The quantitative estimate of drug-likeness (QED) is 0.665. The summed E-state index contributed by atoms with van der Waals surface area (Å²) in [6, 6.07) is 9.70. The third-order valence-corrected chi connectivity index (χ3v) is 2.22. The van der Waals surface area contributed by atoms with E-state index in [1.165, 1.54) is 0 Å². The van der Waals surface area contributed by atoms with Crippen LogP contribution in [0.15, 0.2) is 30.3 Å². The lowest BCUT2D eigenvalue weighted by molar-refractivity contribution is 0.0706. The van der Waals surface area contributed by atoms with Crippen molar-refractivity contribution in [3.05, 3.63) is 35.9 Å². The summed E-state index contributed by atoms with van der Waals surface area (Å²) < 4.78 is 5.25. The van der Waals surface area contributed by atoms with E-state index in [1.54, 1.807) is 0 Å². The van der Waals surface area contributed by atoms with Crippen molar-refractivity contribution in [2.75, 3.05) is 6.61 Å². The number of aliphatic hydroxyl groups is 2. The zero-order valence-corrected chi connectivity index (χ0v) is 7.13. The number of ether oxygens (including phenoxy) is 1. The smallest absolute Gasteiger partial charge is 0.117 e. The lowest BCUT2D eigenvalue weighted by Crippen LogP contribution is -2.19. The maximum absolute atomic E-state index is 9.25. The first-order valence-electron chi connectivity index (χ1n) is 4.32. The molecule has 0 saturated carbocycles. The highest BCUT2D eigenvalue weighted by molar-refractivity contribution is 5.22. The van der Waals surface area contributed by atoms with Gasteiger partial charge in [-0.25, -0.2) is 0 Å². The number of hydrogen-bond donors (Lipinski definition) is 2. The second-order valence-corrected chi connectivity index (χ2v) is 3.18. The van der Waals surface area contributed by atoms with Crippen molar-refractivity contribution < 1.29 is 14.9 Å². The number of rotatable bonds is 3. The minimum absolute atomic E-state index is 0.0386. The van der Waals surface area contributed by atoms with E-state index in [2.05, 4.69) is 0 Å². The first-order chi connectivity index (χ1) is 6.33. The van der Waals surface area contributed by atoms with Gasteiger partial charge in [-0.1, -0.05) is 30.3 Å². The summed E-state index contributed by atoms with van der Waals surface area (Å²) in [4.78, 5) is 0. The van der Waals surface area contributed by atoms with Gasteiger partial charge in [0.1, 0.15) is 18.3 Å². The molecule has 0 spiro atoms. The molecule has 1 aromatic carbocycles. The molecule has 1 aliphatic heterocycles. The summed E-state index contributed by atoms with van der Waals surface area (Å²) in [5.74, 6) is 0. The van der Waals surface area contributed by atoms with E-state index in [0.717, 1.165) is 5.56 Å². The van der Waals surface area contributed by atoms with Crippen molar-refractivity contribution in [3.63, 3.8) is 0 Å². The van der Waals surface area contributed by atoms with E-state index in [0.29, 0.717) is 0 Å². The molecule has 3 heteroatoms. The Balaban J connectivity index is 2.00. The highest BCUT2D eigenvalue weighted by Gasteiger charge is 2.44. The van der Waals surface area contributed by atoms with Crippen LogP contribution in [0.2, 0.25) is 0 Å². The van der Waals surface area contributed by atoms with Gasteiger partial charge >= 0.3 is 0 Å².